The zero-order valence-corrected chi connectivity index (χ0v) is 14.9. The number of carbonyl (C=O) groups excluding carboxylic acids is 2. The highest BCUT2D eigenvalue weighted by atomic mass is 16.5. The van der Waals surface area contributed by atoms with Crippen molar-refractivity contribution in [1.82, 2.24) is 0 Å². The van der Waals surface area contributed by atoms with Crippen molar-refractivity contribution < 1.29 is 14.3 Å². The molecule has 5 nitrogen and oxygen atoms in total. The second-order valence-corrected chi connectivity index (χ2v) is 5.93. The van der Waals surface area contributed by atoms with Gasteiger partial charge in [-0.25, -0.2) is 0 Å². The average molecular weight is 360 g/mol. The highest BCUT2D eigenvalue weighted by Gasteiger charge is 2.13. The van der Waals surface area contributed by atoms with Crippen molar-refractivity contribution in [1.29, 1.82) is 0 Å². The number of benzene rings is 3. The summed E-state index contributed by atoms with van der Waals surface area (Å²) < 4.78 is 4.80. The van der Waals surface area contributed by atoms with Gasteiger partial charge < -0.3 is 15.4 Å². The maximum absolute atomic E-state index is 12.8. The van der Waals surface area contributed by atoms with E-state index in [0.29, 0.717) is 16.9 Å². The molecular weight excluding hydrogens is 340 g/mol. The molecule has 2 N–H and O–H groups in total. The number of amides is 2. The Labute approximate surface area is 158 Å². The summed E-state index contributed by atoms with van der Waals surface area (Å²) in [5, 5.41) is 5.61. The second kappa shape index (κ2) is 8.78. The van der Waals surface area contributed by atoms with E-state index >= 15 is 0 Å². The summed E-state index contributed by atoms with van der Waals surface area (Å²) in [4.78, 5) is 24.5. The molecule has 0 aliphatic rings. The van der Waals surface area contributed by atoms with E-state index in [1.807, 2.05) is 48.5 Å². The monoisotopic (exact) mass is 360 g/mol. The minimum atomic E-state index is -0.254. The first-order valence-corrected chi connectivity index (χ1v) is 8.52. The molecule has 0 aliphatic heterocycles. The SMILES string of the molecule is COCC(=O)Nc1cccc(NC(=O)c2ccccc2-c2ccccc2)c1. The molecule has 0 unspecified atom stereocenters. The molecule has 0 aromatic heterocycles. The van der Waals surface area contributed by atoms with Gasteiger partial charge in [-0.15, -0.1) is 0 Å². The first-order valence-electron chi connectivity index (χ1n) is 8.52. The minimum absolute atomic E-state index is 0.0267. The summed E-state index contributed by atoms with van der Waals surface area (Å²) >= 11 is 0. The molecule has 3 rings (SSSR count). The van der Waals surface area contributed by atoms with Crippen LogP contribution in [0.2, 0.25) is 0 Å². The fourth-order valence-corrected chi connectivity index (χ4v) is 2.75. The van der Waals surface area contributed by atoms with Gasteiger partial charge in [0.15, 0.2) is 0 Å². The third-order valence-corrected chi connectivity index (χ3v) is 3.94. The fourth-order valence-electron chi connectivity index (χ4n) is 2.75. The van der Waals surface area contributed by atoms with Crippen LogP contribution < -0.4 is 10.6 Å². The number of nitrogens with one attached hydrogen (secondary N) is 2. The normalized spacial score (nSPS) is 10.3. The van der Waals surface area contributed by atoms with Gasteiger partial charge in [-0.05, 0) is 35.4 Å². The van der Waals surface area contributed by atoms with Crippen molar-refractivity contribution in [3.63, 3.8) is 0 Å². The second-order valence-electron chi connectivity index (χ2n) is 5.93. The molecule has 0 radical (unpaired) electrons. The maximum Gasteiger partial charge on any atom is 0.256 e. The highest BCUT2D eigenvalue weighted by molar-refractivity contribution is 6.09. The topological polar surface area (TPSA) is 67.4 Å². The Morgan fingerprint density at radius 1 is 0.815 bits per heavy atom. The molecule has 0 bridgehead atoms. The highest BCUT2D eigenvalue weighted by Crippen LogP contribution is 2.24. The maximum atomic E-state index is 12.8. The molecule has 0 spiro atoms. The van der Waals surface area contributed by atoms with E-state index in [4.69, 9.17) is 4.74 Å². The Hall–Kier alpha value is -3.44. The van der Waals surface area contributed by atoms with Gasteiger partial charge in [-0.2, -0.15) is 0 Å². The summed E-state index contributed by atoms with van der Waals surface area (Å²) in [5.41, 5.74) is 3.60. The molecule has 2 amide bonds. The van der Waals surface area contributed by atoms with Crippen molar-refractivity contribution in [3.05, 3.63) is 84.4 Å². The van der Waals surface area contributed by atoms with Crippen molar-refractivity contribution >= 4 is 23.2 Å². The summed E-state index contributed by atoms with van der Waals surface area (Å²) in [6, 6.07) is 24.2. The molecule has 0 heterocycles. The number of hydrogen-bond donors (Lipinski definition) is 2. The average Bonchev–Trinajstić information content (AvgIpc) is 2.69. The van der Waals surface area contributed by atoms with Gasteiger partial charge in [0.2, 0.25) is 5.91 Å². The van der Waals surface area contributed by atoms with E-state index < -0.39 is 0 Å². The van der Waals surface area contributed by atoms with Crippen LogP contribution in [0, 0.1) is 0 Å². The number of hydrogen-bond acceptors (Lipinski definition) is 3. The zero-order valence-electron chi connectivity index (χ0n) is 14.9. The van der Waals surface area contributed by atoms with Crippen LogP contribution in [-0.4, -0.2) is 25.5 Å². The molecule has 3 aromatic carbocycles. The van der Waals surface area contributed by atoms with Crippen LogP contribution in [0.4, 0.5) is 11.4 Å². The first kappa shape index (κ1) is 18.4. The fraction of sp³-hybridized carbons (Fsp3) is 0.0909. The molecule has 0 saturated heterocycles. The van der Waals surface area contributed by atoms with E-state index in [1.165, 1.54) is 7.11 Å². The predicted octanol–water partition coefficient (Wildman–Crippen LogP) is 4.19. The van der Waals surface area contributed by atoms with Crippen molar-refractivity contribution in [2.75, 3.05) is 24.4 Å². The quantitative estimate of drug-likeness (QED) is 0.693. The van der Waals surface area contributed by atoms with Gasteiger partial charge >= 0.3 is 0 Å². The third kappa shape index (κ3) is 4.80. The van der Waals surface area contributed by atoms with E-state index in [-0.39, 0.29) is 18.4 Å². The molecule has 27 heavy (non-hydrogen) atoms. The number of methoxy groups -OCH3 is 1. The lowest BCUT2D eigenvalue weighted by Crippen LogP contribution is -2.17. The van der Waals surface area contributed by atoms with Gasteiger partial charge in [0.25, 0.3) is 5.91 Å². The van der Waals surface area contributed by atoms with Gasteiger partial charge in [0.1, 0.15) is 6.61 Å². The minimum Gasteiger partial charge on any atom is -0.375 e. The van der Waals surface area contributed by atoms with Crippen LogP contribution in [0.5, 0.6) is 0 Å². The van der Waals surface area contributed by atoms with Crippen molar-refractivity contribution in [2.24, 2.45) is 0 Å². The van der Waals surface area contributed by atoms with Crippen LogP contribution >= 0.6 is 0 Å². The predicted molar refractivity (Wildman–Crippen MR) is 107 cm³/mol. The van der Waals surface area contributed by atoms with Crippen LogP contribution in [-0.2, 0) is 9.53 Å². The third-order valence-electron chi connectivity index (χ3n) is 3.94. The largest absolute Gasteiger partial charge is 0.375 e. The Morgan fingerprint density at radius 2 is 1.48 bits per heavy atom. The molecule has 3 aromatic rings. The first-order chi connectivity index (χ1) is 13.2. The van der Waals surface area contributed by atoms with Crippen LogP contribution in [0.3, 0.4) is 0 Å². The van der Waals surface area contributed by atoms with E-state index in [1.54, 1.807) is 30.3 Å². The van der Waals surface area contributed by atoms with Crippen molar-refractivity contribution in [2.45, 2.75) is 0 Å². The molecule has 0 atom stereocenters. The Balaban J connectivity index is 1.80. The standard InChI is InChI=1S/C22H20N2O3/c1-27-15-21(25)23-17-10-7-11-18(14-17)24-22(26)20-13-6-5-12-19(20)16-8-3-2-4-9-16/h2-14H,15H2,1H3,(H,23,25)(H,24,26). The Kier molecular flexibility index (Phi) is 5.97. The van der Waals surface area contributed by atoms with Crippen molar-refractivity contribution in [3.8, 4) is 11.1 Å². The number of carbonyl (C=O) groups is 2. The lowest BCUT2D eigenvalue weighted by Gasteiger charge is -2.12. The zero-order chi connectivity index (χ0) is 19.1. The molecule has 0 aliphatic carbocycles. The van der Waals surface area contributed by atoms with Gasteiger partial charge in [0, 0.05) is 24.0 Å². The smallest absolute Gasteiger partial charge is 0.256 e. The molecular formula is C22H20N2O3. The summed E-state index contributed by atoms with van der Waals surface area (Å²) in [7, 11) is 1.46. The van der Waals surface area contributed by atoms with Gasteiger partial charge in [-0.3, -0.25) is 9.59 Å². The molecule has 136 valence electrons. The lowest BCUT2D eigenvalue weighted by atomic mass is 9.99. The number of anilines is 2. The molecule has 5 heteroatoms. The van der Waals surface area contributed by atoms with Crippen LogP contribution in [0.25, 0.3) is 11.1 Å². The Morgan fingerprint density at radius 3 is 2.22 bits per heavy atom. The lowest BCUT2D eigenvalue weighted by molar-refractivity contribution is -0.119. The summed E-state index contributed by atoms with van der Waals surface area (Å²) in [6.07, 6.45) is 0. The Bertz CT molecular complexity index is 939. The van der Waals surface area contributed by atoms with Gasteiger partial charge in [0.05, 0.1) is 0 Å². The summed E-state index contributed by atoms with van der Waals surface area (Å²) in [5.74, 6) is -0.467. The van der Waals surface area contributed by atoms with E-state index in [9.17, 15) is 9.59 Å². The molecule has 0 saturated carbocycles. The molecule has 0 fully saturated rings. The van der Waals surface area contributed by atoms with E-state index in [0.717, 1.165) is 11.1 Å². The van der Waals surface area contributed by atoms with Crippen LogP contribution in [0.15, 0.2) is 78.9 Å². The van der Waals surface area contributed by atoms with Crippen LogP contribution in [0.1, 0.15) is 10.4 Å². The van der Waals surface area contributed by atoms with E-state index in [2.05, 4.69) is 10.6 Å². The summed E-state index contributed by atoms with van der Waals surface area (Å²) in [6.45, 7) is -0.0267. The van der Waals surface area contributed by atoms with Gasteiger partial charge in [-0.1, -0.05) is 54.6 Å². The number of rotatable bonds is 6. The number of ether oxygens (including phenoxy) is 1.